The Kier molecular flexibility index (Phi) is 6.32. The molecule has 0 saturated heterocycles. The molecule has 164 valence electrons. The van der Waals surface area contributed by atoms with Crippen molar-refractivity contribution in [2.24, 2.45) is 0 Å². The average Bonchev–Trinajstić information content (AvgIpc) is 3.51. The molecule has 1 aliphatic carbocycles. The van der Waals surface area contributed by atoms with E-state index in [1.807, 2.05) is 0 Å². The van der Waals surface area contributed by atoms with Crippen LogP contribution in [0.2, 0.25) is 0 Å². The molecule has 0 aromatic heterocycles. The standard InChI is InChI=1S/C19H18FN3O7S/c1-11-2-6-14(31(28,29)22-12-3-4-12)9-15(11)19(25)30-10-18(24)21-17-8-13(23(26)27)5-7-16(17)20/h2,5-9,12,22H,3-4,10H2,1H3,(H,21,24). The number of hydrogen-bond donors (Lipinski definition) is 2. The number of halogens is 1. The number of amides is 1. The van der Waals surface area contributed by atoms with Gasteiger partial charge in [-0.15, -0.1) is 0 Å². The summed E-state index contributed by atoms with van der Waals surface area (Å²) >= 11 is 0. The van der Waals surface area contributed by atoms with Crippen LogP contribution in [0, 0.1) is 22.9 Å². The lowest BCUT2D eigenvalue weighted by Crippen LogP contribution is -2.26. The third-order valence-corrected chi connectivity index (χ3v) is 5.93. The van der Waals surface area contributed by atoms with Crippen LogP contribution in [-0.4, -0.2) is 37.9 Å². The molecule has 0 bridgehead atoms. The van der Waals surface area contributed by atoms with Crippen LogP contribution in [0.4, 0.5) is 15.8 Å². The molecular formula is C19H18FN3O7S. The average molecular weight is 451 g/mol. The van der Waals surface area contributed by atoms with Gasteiger partial charge in [-0.25, -0.2) is 22.3 Å². The number of carbonyl (C=O) groups excluding carboxylic acids is 2. The lowest BCUT2D eigenvalue weighted by Gasteiger charge is -2.11. The Balaban J connectivity index is 1.66. The van der Waals surface area contributed by atoms with Crippen LogP contribution in [0.15, 0.2) is 41.3 Å². The molecule has 0 heterocycles. The predicted octanol–water partition coefficient (Wildman–Crippen LogP) is 2.28. The zero-order valence-electron chi connectivity index (χ0n) is 16.3. The van der Waals surface area contributed by atoms with Crippen LogP contribution < -0.4 is 10.0 Å². The van der Waals surface area contributed by atoms with Gasteiger partial charge in [-0.2, -0.15) is 0 Å². The summed E-state index contributed by atoms with van der Waals surface area (Å²) in [5, 5.41) is 12.9. The number of nitro benzene ring substituents is 1. The van der Waals surface area contributed by atoms with E-state index >= 15 is 0 Å². The number of carbonyl (C=O) groups is 2. The summed E-state index contributed by atoms with van der Waals surface area (Å²) < 4.78 is 45.8. The summed E-state index contributed by atoms with van der Waals surface area (Å²) in [5.41, 5.74) is -0.485. The second-order valence-electron chi connectivity index (χ2n) is 6.92. The second kappa shape index (κ2) is 8.78. The van der Waals surface area contributed by atoms with Gasteiger partial charge in [0.05, 0.1) is 21.1 Å². The summed E-state index contributed by atoms with van der Waals surface area (Å²) in [4.78, 5) is 34.3. The number of benzene rings is 2. The minimum atomic E-state index is -3.79. The minimum Gasteiger partial charge on any atom is -0.452 e. The van der Waals surface area contributed by atoms with Gasteiger partial charge in [0, 0.05) is 18.2 Å². The fourth-order valence-electron chi connectivity index (χ4n) is 2.59. The molecule has 0 spiro atoms. The molecule has 2 aromatic rings. The first-order valence-electron chi connectivity index (χ1n) is 9.11. The molecule has 1 saturated carbocycles. The Morgan fingerprint density at radius 2 is 1.94 bits per heavy atom. The van der Waals surface area contributed by atoms with E-state index in [1.54, 1.807) is 6.92 Å². The maximum absolute atomic E-state index is 13.8. The Morgan fingerprint density at radius 3 is 2.58 bits per heavy atom. The summed E-state index contributed by atoms with van der Waals surface area (Å²) in [5.74, 6) is -2.78. The van der Waals surface area contributed by atoms with E-state index < -0.39 is 50.6 Å². The van der Waals surface area contributed by atoms with Crippen molar-refractivity contribution in [3.8, 4) is 0 Å². The molecule has 2 N–H and O–H groups in total. The van der Waals surface area contributed by atoms with E-state index in [0.717, 1.165) is 37.1 Å². The maximum Gasteiger partial charge on any atom is 0.338 e. The predicted molar refractivity (Wildman–Crippen MR) is 106 cm³/mol. The number of aryl methyl sites for hydroxylation is 1. The summed E-state index contributed by atoms with van der Waals surface area (Å²) in [6.07, 6.45) is 1.50. The smallest absolute Gasteiger partial charge is 0.338 e. The first kappa shape index (κ1) is 22.3. The third kappa shape index (κ3) is 5.61. The lowest BCUT2D eigenvalue weighted by atomic mass is 10.1. The highest BCUT2D eigenvalue weighted by atomic mass is 32.2. The van der Waals surface area contributed by atoms with Crippen LogP contribution >= 0.6 is 0 Å². The summed E-state index contributed by atoms with van der Waals surface area (Å²) in [7, 11) is -3.79. The number of hydrogen-bond acceptors (Lipinski definition) is 7. The highest BCUT2D eigenvalue weighted by Crippen LogP contribution is 2.24. The number of sulfonamides is 1. The van der Waals surface area contributed by atoms with Crippen molar-refractivity contribution in [1.29, 1.82) is 0 Å². The van der Waals surface area contributed by atoms with Gasteiger partial charge in [0.15, 0.2) is 6.61 Å². The Hall–Kier alpha value is -3.38. The quantitative estimate of drug-likeness (QED) is 0.356. The van der Waals surface area contributed by atoms with Gasteiger partial charge in [-0.05, 0) is 43.5 Å². The zero-order valence-corrected chi connectivity index (χ0v) is 17.1. The van der Waals surface area contributed by atoms with Crippen LogP contribution in [0.1, 0.15) is 28.8 Å². The summed E-state index contributed by atoms with van der Waals surface area (Å²) in [6.45, 7) is 0.761. The highest BCUT2D eigenvalue weighted by molar-refractivity contribution is 7.89. The molecule has 31 heavy (non-hydrogen) atoms. The first-order chi connectivity index (χ1) is 14.6. The van der Waals surface area contributed by atoms with Crippen molar-refractivity contribution in [3.05, 3.63) is 63.5 Å². The van der Waals surface area contributed by atoms with Crippen molar-refractivity contribution in [3.63, 3.8) is 0 Å². The van der Waals surface area contributed by atoms with Gasteiger partial charge < -0.3 is 10.1 Å². The normalized spacial score (nSPS) is 13.5. The van der Waals surface area contributed by atoms with Gasteiger partial charge in [0.1, 0.15) is 5.82 Å². The van der Waals surface area contributed by atoms with Crippen LogP contribution in [0.25, 0.3) is 0 Å². The van der Waals surface area contributed by atoms with E-state index in [4.69, 9.17) is 4.74 Å². The highest BCUT2D eigenvalue weighted by Gasteiger charge is 2.28. The van der Waals surface area contributed by atoms with E-state index in [1.165, 1.54) is 12.1 Å². The lowest BCUT2D eigenvalue weighted by molar-refractivity contribution is -0.384. The van der Waals surface area contributed by atoms with Crippen molar-refractivity contribution in [2.75, 3.05) is 11.9 Å². The van der Waals surface area contributed by atoms with Gasteiger partial charge in [-0.3, -0.25) is 14.9 Å². The largest absolute Gasteiger partial charge is 0.452 e. The Bertz CT molecular complexity index is 1160. The number of ether oxygens (including phenoxy) is 1. The first-order valence-corrected chi connectivity index (χ1v) is 10.6. The number of nitro groups is 1. The van der Waals surface area contributed by atoms with E-state index in [0.29, 0.717) is 5.56 Å². The van der Waals surface area contributed by atoms with Gasteiger partial charge in [0.25, 0.3) is 11.6 Å². The molecule has 0 radical (unpaired) electrons. The number of anilines is 1. The molecule has 0 unspecified atom stereocenters. The maximum atomic E-state index is 13.8. The monoisotopic (exact) mass is 451 g/mol. The van der Waals surface area contributed by atoms with Crippen LogP contribution in [0.3, 0.4) is 0 Å². The number of esters is 1. The van der Waals surface area contributed by atoms with Crippen molar-refractivity contribution >= 4 is 33.3 Å². The Morgan fingerprint density at radius 1 is 1.23 bits per heavy atom. The van der Waals surface area contributed by atoms with Crippen LogP contribution in [-0.2, 0) is 19.6 Å². The molecule has 10 nitrogen and oxygen atoms in total. The van der Waals surface area contributed by atoms with E-state index in [-0.39, 0.29) is 16.5 Å². The molecule has 3 rings (SSSR count). The van der Waals surface area contributed by atoms with Gasteiger partial charge >= 0.3 is 5.97 Å². The minimum absolute atomic E-state index is 0.0481. The van der Waals surface area contributed by atoms with Crippen molar-refractivity contribution in [1.82, 2.24) is 4.72 Å². The SMILES string of the molecule is Cc1ccc(S(=O)(=O)NC2CC2)cc1C(=O)OCC(=O)Nc1cc([N+](=O)[O-])ccc1F. The molecule has 1 amide bonds. The molecule has 0 atom stereocenters. The third-order valence-electron chi connectivity index (χ3n) is 4.41. The van der Waals surface area contributed by atoms with E-state index in [9.17, 15) is 32.5 Å². The molecule has 12 heteroatoms. The van der Waals surface area contributed by atoms with Crippen LogP contribution in [0.5, 0.6) is 0 Å². The molecular weight excluding hydrogens is 433 g/mol. The number of rotatable bonds is 8. The van der Waals surface area contributed by atoms with Gasteiger partial charge in [0.2, 0.25) is 10.0 Å². The Labute approximate surface area is 176 Å². The molecule has 1 fully saturated rings. The molecule has 2 aromatic carbocycles. The number of nitrogens with zero attached hydrogens (tertiary/aromatic N) is 1. The summed E-state index contributed by atoms with van der Waals surface area (Å²) in [6, 6.07) is 6.43. The zero-order chi connectivity index (χ0) is 22.8. The number of non-ortho nitro benzene ring substituents is 1. The van der Waals surface area contributed by atoms with Crippen molar-refractivity contribution in [2.45, 2.75) is 30.7 Å². The number of nitrogens with one attached hydrogen (secondary N) is 2. The molecule has 0 aliphatic heterocycles. The molecule has 1 aliphatic rings. The fourth-order valence-corrected chi connectivity index (χ4v) is 3.93. The second-order valence-corrected chi connectivity index (χ2v) is 8.63. The van der Waals surface area contributed by atoms with Gasteiger partial charge in [-0.1, -0.05) is 6.07 Å². The van der Waals surface area contributed by atoms with E-state index in [2.05, 4.69) is 10.0 Å². The topological polar surface area (TPSA) is 145 Å². The fraction of sp³-hybridized carbons (Fsp3) is 0.263. The van der Waals surface area contributed by atoms with Crippen molar-refractivity contribution < 1.29 is 32.1 Å².